The van der Waals surface area contributed by atoms with Gasteiger partial charge in [0.05, 0.1) is 29.5 Å². The normalized spacial score (nSPS) is 11.1. The number of methoxy groups -OCH3 is 1. The van der Waals surface area contributed by atoms with Gasteiger partial charge in [0.25, 0.3) is 0 Å². The van der Waals surface area contributed by atoms with Crippen LogP contribution < -0.4 is 10.1 Å². The second-order valence-corrected chi connectivity index (χ2v) is 9.73. The molecular weight excluding hydrogens is 519 g/mol. The number of hydrogen-bond acceptors (Lipinski definition) is 5. The number of halogens is 2. The van der Waals surface area contributed by atoms with Gasteiger partial charge in [-0.2, -0.15) is 0 Å². The molecule has 1 heterocycles. The lowest BCUT2D eigenvalue weighted by atomic mass is 9.96. The van der Waals surface area contributed by atoms with Crippen molar-refractivity contribution < 1.29 is 14.9 Å². The number of ether oxygens (including phenoxy) is 1. The molecule has 4 aromatic rings. The van der Waals surface area contributed by atoms with Gasteiger partial charge in [-0.25, -0.2) is 4.98 Å². The van der Waals surface area contributed by atoms with Gasteiger partial charge in [-0.3, -0.25) is 0 Å². The van der Waals surface area contributed by atoms with Crippen molar-refractivity contribution in [2.45, 2.75) is 25.8 Å². The van der Waals surface area contributed by atoms with Crippen LogP contribution in [0.3, 0.4) is 0 Å². The summed E-state index contributed by atoms with van der Waals surface area (Å²) >= 11 is 13.9. The van der Waals surface area contributed by atoms with E-state index >= 15 is 0 Å². The van der Waals surface area contributed by atoms with Gasteiger partial charge in [0, 0.05) is 47.5 Å². The highest BCUT2D eigenvalue weighted by molar-refractivity contribution is 6.39. The standard InChI is InChI=1S/C31H32Cl2N2O3/c1-38-31-23(6-2-3-18-36)15-16-28(35-31)27-10-5-9-26(30(27)33)25-8-4-7-24(29(25)32)22-13-11-21(12-14-22)20-34-17-19-37/h4-5,7-16,34,36-37H,2-3,6,17-20H2,1H3. The number of hydrogen-bond donors (Lipinski definition) is 3. The summed E-state index contributed by atoms with van der Waals surface area (Å²) in [5.41, 5.74) is 7.26. The number of aryl methyl sites for hydroxylation is 1. The van der Waals surface area contributed by atoms with Crippen molar-refractivity contribution in [2.24, 2.45) is 0 Å². The van der Waals surface area contributed by atoms with E-state index in [9.17, 15) is 0 Å². The molecule has 3 aromatic carbocycles. The largest absolute Gasteiger partial charge is 0.481 e. The quantitative estimate of drug-likeness (QED) is 0.169. The third kappa shape index (κ3) is 6.55. The molecule has 3 N–H and O–H groups in total. The van der Waals surface area contributed by atoms with Crippen LogP contribution >= 0.6 is 23.2 Å². The summed E-state index contributed by atoms with van der Waals surface area (Å²) in [5, 5.41) is 22.4. The van der Waals surface area contributed by atoms with Gasteiger partial charge in [-0.15, -0.1) is 0 Å². The molecule has 0 atom stereocenters. The van der Waals surface area contributed by atoms with Gasteiger partial charge in [0.15, 0.2) is 0 Å². The molecule has 38 heavy (non-hydrogen) atoms. The zero-order valence-electron chi connectivity index (χ0n) is 21.4. The maximum Gasteiger partial charge on any atom is 0.216 e. The van der Waals surface area contributed by atoms with Crippen LogP contribution in [0.15, 0.2) is 72.8 Å². The Kier molecular flexibility index (Phi) is 10.2. The molecule has 0 saturated carbocycles. The van der Waals surface area contributed by atoms with E-state index in [1.165, 1.54) is 0 Å². The van der Waals surface area contributed by atoms with Crippen LogP contribution in [0.25, 0.3) is 33.5 Å². The topological polar surface area (TPSA) is 74.6 Å². The number of rotatable bonds is 12. The SMILES string of the molecule is COc1nc(-c2cccc(-c3cccc(-c4ccc(CNCCO)cc4)c3Cl)c2Cl)ccc1CCCCO. The molecule has 0 radical (unpaired) electrons. The minimum Gasteiger partial charge on any atom is -0.481 e. The number of unbranched alkanes of at least 4 members (excludes halogenated alkanes) is 1. The molecule has 0 fully saturated rings. The van der Waals surface area contributed by atoms with Crippen LogP contribution in [-0.4, -0.2) is 42.1 Å². The van der Waals surface area contributed by atoms with Gasteiger partial charge >= 0.3 is 0 Å². The summed E-state index contributed by atoms with van der Waals surface area (Å²) in [6, 6.07) is 24.0. The zero-order valence-corrected chi connectivity index (χ0v) is 22.9. The first-order valence-corrected chi connectivity index (χ1v) is 13.5. The number of aromatic nitrogens is 1. The lowest BCUT2D eigenvalue weighted by Crippen LogP contribution is -2.17. The summed E-state index contributed by atoms with van der Waals surface area (Å²) in [4.78, 5) is 4.74. The fourth-order valence-corrected chi connectivity index (χ4v) is 5.09. The van der Waals surface area contributed by atoms with E-state index in [0.717, 1.165) is 63.9 Å². The van der Waals surface area contributed by atoms with Gasteiger partial charge in [0.1, 0.15) is 0 Å². The van der Waals surface area contributed by atoms with Gasteiger partial charge in [0.2, 0.25) is 5.88 Å². The molecule has 198 valence electrons. The van der Waals surface area contributed by atoms with Crippen LogP contribution in [0.4, 0.5) is 0 Å². The van der Waals surface area contributed by atoms with Crippen molar-refractivity contribution in [3.05, 3.63) is 94.0 Å². The van der Waals surface area contributed by atoms with Crippen LogP contribution in [-0.2, 0) is 13.0 Å². The average Bonchev–Trinajstić information content (AvgIpc) is 2.94. The Morgan fingerprint density at radius 3 is 2.08 bits per heavy atom. The Labute approximate surface area is 234 Å². The highest BCUT2D eigenvalue weighted by Gasteiger charge is 2.17. The van der Waals surface area contributed by atoms with E-state index in [0.29, 0.717) is 29.0 Å². The molecule has 5 nitrogen and oxygen atoms in total. The van der Waals surface area contributed by atoms with Crippen LogP contribution in [0, 0.1) is 0 Å². The molecule has 4 rings (SSSR count). The Morgan fingerprint density at radius 2 is 1.42 bits per heavy atom. The number of nitrogens with one attached hydrogen (secondary N) is 1. The van der Waals surface area contributed by atoms with Crippen molar-refractivity contribution in [1.82, 2.24) is 10.3 Å². The molecule has 1 aromatic heterocycles. The maximum absolute atomic E-state index is 9.08. The molecular formula is C31H32Cl2N2O3. The van der Waals surface area contributed by atoms with Gasteiger partial charge < -0.3 is 20.3 Å². The van der Waals surface area contributed by atoms with Gasteiger partial charge in [-0.1, -0.05) is 89.9 Å². The third-order valence-corrected chi connectivity index (χ3v) is 7.25. The van der Waals surface area contributed by atoms with Crippen LogP contribution in [0.2, 0.25) is 10.0 Å². The summed E-state index contributed by atoms with van der Waals surface area (Å²) in [5.74, 6) is 0.567. The number of nitrogens with zero attached hydrogens (tertiary/aromatic N) is 1. The van der Waals surface area contributed by atoms with Crippen molar-refractivity contribution in [3.8, 4) is 39.4 Å². The van der Waals surface area contributed by atoms with Gasteiger partial charge in [-0.05, 0) is 36.5 Å². The molecule has 0 aliphatic rings. The van der Waals surface area contributed by atoms with Crippen LogP contribution in [0.5, 0.6) is 5.88 Å². The molecule has 0 aliphatic carbocycles. The average molecular weight is 552 g/mol. The van der Waals surface area contributed by atoms with E-state index in [1.54, 1.807) is 7.11 Å². The Hall–Kier alpha value is -2.93. The van der Waals surface area contributed by atoms with E-state index in [2.05, 4.69) is 29.6 Å². The number of pyridine rings is 1. The zero-order chi connectivity index (χ0) is 26.9. The van der Waals surface area contributed by atoms with Crippen LogP contribution in [0.1, 0.15) is 24.0 Å². The Bertz CT molecular complexity index is 1360. The second kappa shape index (κ2) is 13.7. The Balaban J connectivity index is 1.65. The summed E-state index contributed by atoms with van der Waals surface area (Å²) in [6.07, 6.45) is 2.39. The first-order valence-electron chi connectivity index (χ1n) is 12.7. The van der Waals surface area contributed by atoms with E-state index < -0.39 is 0 Å². The maximum atomic E-state index is 9.08. The van der Waals surface area contributed by atoms with Crippen molar-refractivity contribution in [1.29, 1.82) is 0 Å². The molecule has 0 amide bonds. The fraction of sp³-hybridized carbons (Fsp3) is 0.258. The molecule has 0 saturated heterocycles. The first kappa shape index (κ1) is 28.1. The summed E-state index contributed by atoms with van der Waals surface area (Å²) in [6.45, 7) is 1.55. The minimum absolute atomic E-state index is 0.116. The number of aliphatic hydroxyl groups excluding tert-OH is 2. The lowest BCUT2D eigenvalue weighted by Gasteiger charge is -2.15. The molecule has 0 spiro atoms. The predicted molar refractivity (Wildman–Crippen MR) is 156 cm³/mol. The first-order chi connectivity index (χ1) is 18.6. The van der Waals surface area contributed by atoms with E-state index in [4.69, 9.17) is 43.1 Å². The highest BCUT2D eigenvalue weighted by Crippen LogP contribution is 2.42. The highest BCUT2D eigenvalue weighted by atomic mass is 35.5. The lowest BCUT2D eigenvalue weighted by molar-refractivity contribution is 0.284. The Morgan fingerprint density at radius 1 is 0.763 bits per heavy atom. The smallest absolute Gasteiger partial charge is 0.216 e. The molecule has 7 heteroatoms. The predicted octanol–water partition coefficient (Wildman–Crippen LogP) is 6.79. The summed E-state index contributed by atoms with van der Waals surface area (Å²) in [7, 11) is 1.61. The molecule has 0 unspecified atom stereocenters. The van der Waals surface area contributed by atoms with Crippen molar-refractivity contribution in [3.63, 3.8) is 0 Å². The minimum atomic E-state index is 0.116. The monoisotopic (exact) mass is 550 g/mol. The number of aliphatic hydroxyl groups is 2. The van der Waals surface area contributed by atoms with E-state index in [1.807, 2.05) is 48.5 Å². The molecule has 0 aliphatic heterocycles. The third-order valence-electron chi connectivity index (χ3n) is 6.43. The fourth-order valence-electron chi connectivity index (χ4n) is 4.43. The van der Waals surface area contributed by atoms with Crippen molar-refractivity contribution >= 4 is 23.2 Å². The molecule has 0 bridgehead atoms. The summed E-state index contributed by atoms with van der Waals surface area (Å²) < 4.78 is 5.56. The second-order valence-electron chi connectivity index (χ2n) is 8.98. The van der Waals surface area contributed by atoms with E-state index in [-0.39, 0.29) is 13.2 Å². The van der Waals surface area contributed by atoms with Crippen molar-refractivity contribution in [2.75, 3.05) is 26.9 Å². The number of benzene rings is 3.